The molecule has 0 spiro atoms. The normalized spacial score (nSPS) is 11.3. The van der Waals surface area contributed by atoms with E-state index in [2.05, 4.69) is 5.32 Å². The second-order valence-corrected chi connectivity index (χ2v) is 7.77. The number of nitrogens with zero attached hydrogens (tertiary/aromatic N) is 1. The molecule has 0 saturated carbocycles. The Hall–Kier alpha value is -2.78. The van der Waals surface area contributed by atoms with Crippen LogP contribution in [-0.4, -0.2) is 23.3 Å². The maximum Gasteiger partial charge on any atom is 0.417 e. The monoisotopic (exact) mass is 456 g/mol. The highest BCUT2D eigenvalue weighted by Gasteiger charge is 2.33. The summed E-state index contributed by atoms with van der Waals surface area (Å²) in [5.41, 5.74) is -1.12. The number of carbonyl (C=O) groups is 2. The van der Waals surface area contributed by atoms with E-state index in [1.54, 1.807) is 18.2 Å². The zero-order valence-corrected chi connectivity index (χ0v) is 17.0. The summed E-state index contributed by atoms with van der Waals surface area (Å²) in [5, 5.41) is 3.76. The Balaban J connectivity index is 1.72. The third kappa shape index (κ3) is 5.87. The summed E-state index contributed by atoms with van der Waals surface area (Å²) < 4.78 is 44.3. The van der Waals surface area contributed by atoms with E-state index >= 15 is 0 Å². The lowest BCUT2D eigenvalue weighted by Gasteiger charge is -2.21. The van der Waals surface area contributed by atoms with Gasteiger partial charge in [-0.3, -0.25) is 9.59 Å². The van der Waals surface area contributed by atoms with Crippen molar-refractivity contribution >= 4 is 40.4 Å². The van der Waals surface area contributed by atoms with Gasteiger partial charge in [-0.15, -0.1) is 11.3 Å². The number of halogens is 4. The molecule has 2 heterocycles. The first-order chi connectivity index (χ1) is 14.2. The van der Waals surface area contributed by atoms with Gasteiger partial charge >= 0.3 is 6.18 Å². The average Bonchev–Trinajstić information content (AvgIpc) is 3.36. The number of thiophene rings is 1. The van der Waals surface area contributed by atoms with Crippen LogP contribution in [0.1, 0.15) is 16.2 Å². The number of hydrogen-bond donors (Lipinski definition) is 1. The van der Waals surface area contributed by atoms with E-state index in [4.69, 9.17) is 16.0 Å². The molecule has 0 saturated heterocycles. The summed E-state index contributed by atoms with van der Waals surface area (Å²) in [6, 6.07) is 10.0. The number of anilines is 1. The lowest BCUT2D eigenvalue weighted by molar-refractivity contribution is -0.137. The molecule has 0 aliphatic carbocycles. The fourth-order valence-electron chi connectivity index (χ4n) is 2.69. The largest absolute Gasteiger partial charge is 0.467 e. The van der Waals surface area contributed by atoms with Crippen molar-refractivity contribution in [3.63, 3.8) is 0 Å². The van der Waals surface area contributed by atoms with Gasteiger partial charge in [0.2, 0.25) is 11.8 Å². The van der Waals surface area contributed by atoms with Crippen LogP contribution in [0.3, 0.4) is 0 Å². The van der Waals surface area contributed by atoms with Crippen molar-refractivity contribution in [3.8, 4) is 0 Å². The Morgan fingerprint density at radius 1 is 1.17 bits per heavy atom. The quantitative estimate of drug-likeness (QED) is 0.530. The van der Waals surface area contributed by atoms with Crippen LogP contribution in [0.4, 0.5) is 18.9 Å². The SMILES string of the molecule is O=C(CN(Cc1ccco1)C(=O)Cc1cccs1)Nc1ccc(Cl)c(C(F)(F)F)c1. The molecule has 1 N–H and O–H groups in total. The number of hydrogen-bond acceptors (Lipinski definition) is 4. The number of benzene rings is 1. The number of nitrogens with one attached hydrogen (secondary N) is 1. The summed E-state index contributed by atoms with van der Waals surface area (Å²) in [6.45, 7) is -0.298. The Kier molecular flexibility index (Phi) is 6.84. The van der Waals surface area contributed by atoms with Crippen molar-refractivity contribution in [2.24, 2.45) is 0 Å². The van der Waals surface area contributed by atoms with Gasteiger partial charge in [-0.25, -0.2) is 0 Å². The third-order valence-corrected chi connectivity index (χ3v) is 5.28. The lowest BCUT2D eigenvalue weighted by Crippen LogP contribution is -2.38. The highest BCUT2D eigenvalue weighted by molar-refractivity contribution is 7.10. The van der Waals surface area contributed by atoms with Crippen molar-refractivity contribution in [2.75, 3.05) is 11.9 Å². The van der Waals surface area contributed by atoms with Crippen molar-refractivity contribution in [1.29, 1.82) is 0 Å². The first-order valence-corrected chi connectivity index (χ1v) is 9.97. The van der Waals surface area contributed by atoms with E-state index in [0.717, 1.165) is 17.0 Å². The van der Waals surface area contributed by atoms with E-state index < -0.39 is 22.7 Å². The van der Waals surface area contributed by atoms with Gasteiger partial charge in [-0.2, -0.15) is 13.2 Å². The minimum Gasteiger partial charge on any atom is -0.467 e. The lowest BCUT2D eigenvalue weighted by atomic mass is 10.2. The summed E-state index contributed by atoms with van der Waals surface area (Å²) in [5.74, 6) is -0.471. The van der Waals surface area contributed by atoms with Crippen molar-refractivity contribution in [3.05, 3.63) is 75.3 Å². The molecule has 2 amide bonds. The minimum absolute atomic E-state index is 0.0546. The number of rotatable bonds is 7. The highest BCUT2D eigenvalue weighted by Crippen LogP contribution is 2.36. The fourth-order valence-corrected chi connectivity index (χ4v) is 3.61. The van der Waals surface area contributed by atoms with E-state index in [1.807, 2.05) is 11.4 Å². The van der Waals surface area contributed by atoms with Crippen molar-refractivity contribution in [1.82, 2.24) is 4.90 Å². The second-order valence-electron chi connectivity index (χ2n) is 6.33. The van der Waals surface area contributed by atoms with Crippen LogP contribution < -0.4 is 5.32 Å². The Morgan fingerprint density at radius 3 is 2.60 bits per heavy atom. The molecular formula is C20H16ClF3N2O3S. The van der Waals surface area contributed by atoms with E-state index in [-0.39, 0.29) is 31.1 Å². The molecule has 5 nitrogen and oxygen atoms in total. The standard InChI is InChI=1S/C20H16ClF3N2O3S/c21-17-6-5-13(9-16(17)20(22,23)24)25-18(27)12-26(11-14-3-1-7-29-14)19(28)10-15-4-2-8-30-15/h1-9H,10-12H2,(H,25,27). The van der Waals surface area contributed by atoms with Gasteiger partial charge in [0.05, 0.1) is 29.8 Å². The number of carbonyl (C=O) groups excluding carboxylic acids is 2. The number of amides is 2. The smallest absolute Gasteiger partial charge is 0.417 e. The summed E-state index contributed by atoms with van der Waals surface area (Å²) in [6.07, 6.45) is -3.10. The highest BCUT2D eigenvalue weighted by atomic mass is 35.5. The maximum atomic E-state index is 13.0. The van der Waals surface area contributed by atoms with Crippen LogP contribution in [0.2, 0.25) is 5.02 Å². The molecule has 3 aromatic rings. The Bertz CT molecular complexity index is 1000. The Labute approximate surface area is 179 Å². The molecule has 10 heteroatoms. The minimum atomic E-state index is -4.65. The van der Waals surface area contributed by atoms with Crippen LogP contribution >= 0.6 is 22.9 Å². The summed E-state index contributed by atoms with van der Waals surface area (Å²) in [7, 11) is 0. The predicted octanol–water partition coefficient (Wildman–Crippen LogP) is 5.22. The first-order valence-electron chi connectivity index (χ1n) is 8.71. The van der Waals surface area contributed by atoms with Crippen LogP contribution in [0.5, 0.6) is 0 Å². The fraction of sp³-hybridized carbons (Fsp3) is 0.200. The van der Waals surface area contributed by atoms with E-state index in [1.165, 1.54) is 28.6 Å². The van der Waals surface area contributed by atoms with Crippen molar-refractivity contribution < 1.29 is 27.2 Å². The molecule has 0 bridgehead atoms. The first kappa shape index (κ1) is 21.9. The summed E-state index contributed by atoms with van der Waals surface area (Å²) in [4.78, 5) is 27.3. The molecule has 0 unspecified atom stereocenters. The molecule has 30 heavy (non-hydrogen) atoms. The molecular weight excluding hydrogens is 441 g/mol. The molecule has 158 valence electrons. The van der Waals surface area contributed by atoms with Gasteiger partial charge in [-0.1, -0.05) is 17.7 Å². The van der Waals surface area contributed by atoms with Crippen LogP contribution in [0, 0.1) is 0 Å². The van der Waals surface area contributed by atoms with E-state index in [9.17, 15) is 22.8 Å². The van der Waals surface area contributed by atoms with Crippen molar-refractivity contribution in [2.45, 2.75) is 19.1 Å². The Morgan fingerprint density at radius 2 is 1.97 bits per heavy atom. The zero-order valence-electron chi connectivity index (χ0n) is 15.4. The molecule has 0 fully saturated rings. The zero-order chi connectivity index (χ0) is 21.7. The van der Waals surface area contributed by atoms with Gasteiger partial charge in [0.1, 0.15) is 12.3 Å². The molecule has 0 atom stereocenters. The maximum absolute atomic E-state index is 13.0. The molecule has 0 aliphatic rings. The van der Waals surface area contributed by atoms with Crippen LogP contribution in [-0.2, 0) is 28.7 Å². The molecule has 0 aliphatic heterocycles. The number of alkyl halides is 3. The molecule has 3 rings (SSSR count). The third-order valence-electron chi connectivity index (χ3n) is 4.08. The van der Waals surface area contributed by atoms with Gasteiger partial charge in [0.25, 0.3) is 0 Å². The van der Waals surface area contributed by atoms with Gasteiger partial charge in [0.15, 0.2) is 0 Å². The molecule has 2 aromatic heterocycles. The van der Waals surface area contributed by atoms with Gasteiger partial charge in [-0.05, 0) is 41.8 Å². The predicted molar refractivity (Wildman–Crippen MR) is 107 cm³/mol. The van der Waals surface area contributed by atoms with Gasteiger partial charge in [0, 0.05) is 10.6 Å². The van der Waals surface area contributed by atoms with Gasteiger partial charge < -0.3 is 14.6 Å². The van der Waals surface area contributed by atoms with E-state index in [0.29, 0.717) is 5.76 Å². The topological polar surface area (TPSA) is 62.6 Å². The summed E-state index contributed by atoms with van der Waals surface area (Å²) >= 11 is 7.01. The average molecular weight is 457 g/mol. The second kappa shape index (κ2) is 9.36. The van der Waals surface area contributed by atoms with Crippen LogP contribution in [0.25, 0.3) is 0 Å². The molecule has 0 radical (unpaired) electrons. The van der Waals surface area contributed by atoms with Crippen LogP contribution in [0.15, 0.2) is 58.5 Å². The number of furan rings is 1. The molecule has 1 aromatic carbocycles.